The number of aliphatic hydroxyl groups is 2. The monoisotopic (exact) mass is 338 g/mol. The van der Waals surface area contributed by atoms with E-state index in [1.165, 1.54) is 0 Å². The maximum Gasteiger partial charge on any atom is 0.481 e. The van der Waals surface area contributed by atoms with E-state index in [2.05, 4.69) is 4.98 Å². The van der Waals surface area contributed by atoms with Crippen molar-refractivity contribution in [3.05, 3.63) is 11.9 Å². The van der Waals surface area contributed by atoms with Gasteiger partial charge in [0.1, 0.15) is 12.2 Å². The van der Waals surface area contributed by atoms with E-state index in [-0.39, 0.29) is 5.95 Å². The molecule has 1 aliphatic heterocycles. The minimum absolute atomic E-state index is 0.375. The van der Waals surface area contributed by atoms with E-state index in [4.69, 9.17) is 30.3 Å². The number of carbonyl (C=O) groups excluding carboxylic acids is 1. The highest BCUT2D eigenvalue weighted by Crippen LogP contribution is 2.49. The predicted molar refractivity (Wildman–Crippen MR) is 68.1 cm³/mol. The molecule has 1 aliphatic rings. The molecule has 0 amide bonds. The quantitative estimate of drug-likeness (QED) is 0.276. The van der Waals surface area contributed by atoms with Crippen LogP contribution in [0.5, 0.6) is 0 Å². The number of aliphatic hydroxyl groups excluding tert-OH is 2. The number of imidazole rings is 1. The van der Waals surface area contributed by atoms with E-state index in [9.17, 15) is 19.8 Å². The first-order chi connectivity index (χ1) is 10.0. The summed E-state index contributed by atoms with van der Waals surface area (Å²) < 4.78 is 5.84. The van der Waals surface area contributed by atoms with Crippen LogP contribution in [0, 0.1) is 0 Å². The summed E-state index contributed by atoms with van der Waals surface area (Å²) >= 11 is 0. The van der Waals surface area contributed by atoms with Crippen LogP contribution in [-0.2, 0) is 9.53 Å². The summed E-state index contributed by atoms with van der Waals surface area (Å²) in [4.78, 5) is 52.6. The molecule has 0 bridgehead atoms. The van der Waals surface area contributed by atoms with Crippen LogP contribution >= 0.6 is 7.94 Å². The average Bonchev–Trinajstić information content (AvgIpc) is 2.91. The van der Waals surface area contributed by atoms with E-state index in [0.717, 1.165) is 10.8 Å². The number of aromatic nitrogens is 2. The third-order valence-electron chi connectivity index (χ3n) is 3.03. The molecule has 0 spiro atoms. The van der Waals surface area contributed by atoms with E-state index in [0.29, 0.717) is 0 Å². The fraction of sp³-hybridized carbons (Fsp3) is 0.444. The number of nitrogens with zero attached hydrogens (tertiary/aromatic N) is 2. The molecule has 0 aliphatic carbocycles. The lowest BCUT2D eigenvalue weighted by Crippen LogP contribution is -2.36. The van der Waals surface area contributed by atoms with Gasteiger partial charge in [-0.15, -0.1) is 0 Å². The van der Waals surface area contributed by atoms with Crippen LogP contribution < -0.4 is 5.73 Å². The summed E-state index contributed by atoms with van der Waals surface area (Å²) in [6.07, 6.45) is -6.17. The largest absolute Gasteiger partial charge is 0.481 e. The Hall–Kier alpha value is -1.66. The summed E-state index contributed by atoms with van der Waals surface area (Å²) in [5.41, 5.74) is 3.40. The summed E-state index contributed by atoms with van der Waals surface area (Å²) in [6, 6.07) is 0. The third-order valence-corrected chi connectivity index (χ3v) is 3.88. The van der Waals surface area contributed by atoms with Crippen molar-refractivity contribution in [3.63, 3.8) is 0 Å². The average molecular weight is 338 g/mol. The zero-order chi connectivity index (χ0) is 16.8. The molecule has 0 radical (unpaired) electrons. The number of anilines is 1. The van der Waals surface area contributed by atoms with Gasteiger partial charge < -0.3 is 25.8 Å². The smallest absolute Gasteiger partial charge is 0.476 e. The molecule has 2 heterocycles. The molecule has 1 unspecified atom stereocenters. The number of ether oxygens (including phenoxy) is 1. The summed E-state index contributed by atoms with van der Waals surface area (Å²) in [6.45, 7) is 0. The number of nitrogens with two attached hydrogens (primary N) is 1. The molecule has 1 aromatic heterocycles. The van der Waals surface area contributed by atoms with Crippen molar-refractivity contribution in [2.75, 3.05) is 5.73 Å². The summed E-state index contributed by atoms with van der Waals surface area (Å²) in [5.74, 6) is -1.78. The van der Waals surface area contributed by atoms with Gasteiger partial charge in [0, 0.05) is 6.20 Å². The molecule has 13 heteroatoms. The molecule has 0 saturated carbocycles. The Balaban J connectivity index is 2.31. The normalized spacial score (nSPS) is 28.8. The summed E-state index contributed by atoms with van der Waals surface area (Å²) in [5, 5.41) is 28.4. The van der Waals surface area contributed by atoms with Crippen LogP contribution in [0.4, 0.5) is 5.95 Å². The molecule has 0 aromatic carbocycles. The minimum Gasteiger partial charge on any atom is -0.476 e. The van der Waals surface area contributed by atoms with Crippen molar-refractivity contribution >= 4 is 25.4 Å². The van der Waals surface area contributed by atoms with Crippen LogP contribution in [-0.4, -0.2) is 69.4 Å². The van der Waals surface area contributed by atoms with Gasteiger partial charge in [-0.2, -0.15) is 14.7 Å². The SMILES string of the molecule is Nc1nc(C(=O)O)cn1C1O[C@H](C(=O)[P+](O)(O)O)[C@@H](O)[C@H]1O. The Morgan fingerprint density at radius 2 is 1.86 bits per heavy atom. The molecule has 122 valence electrons. The van der Waals surface area contributed by atoms with Gasteiger partial charge in [0.05, 0.1) is 0 Å². The zero-order valence-electron chi connectivity index (χ0n) is 10.7. The van der Waals surface area contributed by atoms with Crippen molar-refractivity contribution in [2.24, 2.45) is 0 Å². The summed E-state index contributed by atoms with van der Waals surface area (Å²) in [7, 11) is -4.95. The number of nitrogen functional groups attached to an aromatic ring is 1. The predicted octanol–water partition coefficient (Wildman–Crippen LogP) is -2.95. The van der Waals surface area contributed by atoms with Crippen LogP contribution in [0.15, 0.2) is 6.20 Å². The minimum atomic E-state index is -4.95. The van der Waals surface area contributed by atoms with Crippen molar-refractivity contribution in [3.8, 4) is 0 Å². The van der Waals surface area contributed by atoms with Crippen molar-refractivity contribution in [2.45, 2.75) is 24.5 Å². The van der Waals surface area contributed by atoms with Crippen molar-refractivity contribution < 1.29 is 44.3 Å². The second kappa shape index (κ2) is 5.52. The van der Waals surface area contributed by atoms with E-state index >= 15 is 0 Å². The fourth-order valence-corrected chi connectivity index (χ4v) is 2.53. The molecule has 4 atom stereocenters. The number of carboxylic acids is 1. The Morgan fingerprint density at radius 1 is 1.27 bits per heavy atom. The van der Waals surface area contributed by atoms with Gasteiger partial charge >= 0.3 is 19.4 Å². The number of carboxylic acid groups (broad SMARTS) is 1. The van der Waals surface area contributed by atoms with Crippen molar-refractivity contribution in [1.82, 2.24) is 9.55 Å². The lowest BCUT2D eigenvalue weighted by molar-refractivity contribution is -0.129. The van der Waals surface area contributed by atoms with Gasteiger partial charge in [0.2, 0.25) is 5.95 Å². The van der Waals surface area contributed by atoms with E-state index < -0.39 is 49.7 Å². The number of hydrogen-bond acceptors (Lipinski definition) is 10. The second-order valence-electron chi connectivity index (χ2n) is 4.53. The standard InChI is InChI=1S/C9H12N3O9P/c10-9-11-2(7(15)16)1-12(9)6-4(14)3(13)5(21-6)8(17)22(18,19)20/h1,3-6,13-14,18-20H,(H2-,10,11,15,16)/p+1/t3-,4+,5-,6?/m0/s1. The number of rotatable bonds is 4. The molecule has 1 aromatic rings. The maximum absolute atomic E-state index is 11.6. The molecule has 12 nitrogen and oxygen atoms in total. The Kier molecular flexibility index (Phi) is 4.19. The van der Waals surface area contributed by atoms with Gasteiger partial charge in [-0.1, -0.05) is 0 Å². The number of carbonyl (C=O) groups is 2. The van der Waals surface area contributed by atoms with Gasteiger partial charge in [-0.05, 0) is 0 Å². The lowest BCUT2D eigenvalue weighted by Gasteiger charge is -2.16. The van der Waals surface area contributed by atoms with E-state index in [1.54, 1.807) is 0 Å². The highest BCUT2D eigenvalue weighted by atomic mass is 31.2. The van der Waals surface area contributed by atoms with Gasteiger partial charge in [0.25, 0.3) is 0 Å². The second-order valence-corrected chi connectivity index (χ2v) is 6.11. The number of aromatic carboxylic acids is 1. The Labute approximate surface area is 122 Å². The molecular formula is C9H13N3O9P+. The topological polar surface area (TPSA) is 209 Å². The van der Waals surface area contributed by atoms with Crippen molar-refractivity contribution in [1.29, 1.82) is 0 Å². The van der Waals surface area contributed by atoms with Gasteiger partial charge in [-0.3, -0.25) is 4.57 Å². The first-order valence-electron chi connectivity index (χ1n) is 5.75. The Bertz CT molecular complexity index is 612. The van der Waals surface area contributed by atoms with Gasteiger partial charge in [0.15, 0.2) is 18.0 Å². The number of hydrogen-bond donors (Lipinski definition) is 7. The fourth-order valence-electron chi connectivity index (χ4n) is 1.98. The first-order valence-corrected chi connectivity index (χ1v) is 7.39. The zero-order valence-corrected chi connectivity index (χ0v) is 11.6. The molecule has 2 rings (SSSR count). The molecule has 8 N–H and O–H groups in total. The van der Waals surface area contributed by atoms with Crippen LogP contribution in [0.3, 0.4) is 0 Å². The molecular weight excluding hydrogens is 325 g/mol. The molecule has 1 saturated heterocycles. The third kappa shape index (κ3) is 2.80. The maximum atomic E-state index is 11.6. The van der Waals surface area contributed by atoms with Crippen LogP contribution in [0.1, 0.15) is 16.7 Å². The molecule has 22 heavy (non-hydrogen) atoms. The Morgan fingerprint density at radius 3 is 2.32 bits per heavy atom. The highest BCUT2D eigenvalue weighted by molar-refractivity contribution is 7.76. The first kappa shape index (κ1) is 16.7. The van der Waals surface area contributed by atoms with E-state index in [1.807, 2.05) is 0 Å². The lowest BCUT2D eigenvalue weighted by atomic mass is 10.1. The van der Waals surface area contributed by atoms with Crippen LogP contribution in [0.25, 0.3) is 0 Å². The molecule has 1 fully saturated rings. The van der Waals surface area contributed by atoms with Gasteiger partial charge in [-0.25, -0.2) is 14.6 Å². The highest BCUT2D eigenvalue weighted by Gasteiger charge is 2.58. The van der Waals surface area contributed by atoms with Crippen LogP contribution in [0.2, 0.25) is 0 Å².